The molecule has 0 aliphatic rings. The normalized spacial score (nSPS) is 11.5. The topological polar surface area (TPSA) is 54.9 Å². The van der Waals surface area contributed by atoms with Crippen molar-refractivity contribution < 1.29 is 9.18 Å². The van der Waals surface area contributed by atoms with Crippen molar-refractivity contribution in [3.63, 3.8) is 0 Å². The minimum Gasteiger partial charge on any atom is -0.300 e. The second-order valence-corrected chi connectivity index (χ2v) is 7.69. The summed E-state index contributed by atoms with van der Waals surface area (Å²) in [5.41, 5.74) is -0.0650. The third-order valence-electron chi connectivity index (χ3n) is 2.88. The molecule has 2 aromatic rings. The lowest BCUT2D eigenvalue weighted by atomic mass is 9.95. The standard InChI is InChI=1S/C14H15ClFN3OS2/c1-14(2,8-15)11(20)17-12-18-19-13(22-12)21-7-9-5-3-4-6-10(9)16/h3-6H,7-8H2,1-2H3,(H,17,18,20). The average Bonchev–Trinajstić information content (AvgIpc) is 2.94. The molecule has 0 atom stereocenters. The van der Waals surface area contributed by atoms with E-state index in [4.69, 9.17) is 11.6 Å². The molecule has 1 aromatic heterocycles. The van der Waals surface area contributed by atoms with E-state index in [0.29, 0.717) is 20.8 Å². The Bertz CT molecular complexity index is 663. The Balaban J connectivity index is 1.95. The van der Waals surface area contributed by atoms with Crippen LogP contribution in [0.4, 0.5) is 9.52 Å². The van der Waals surface area contributed by atoms with E-state index in [1.807, 2.05) is 0 Å². The van der Waals surface area contributed by atoms with E-state index >= 15 is 0 Å². The van der Waals surface area contributed by atoms with Crippen LogP contribution in [-0.4, -0.2) is 22.0 Å². The van der Waals surface area contributed by atoms with Crippen LogP contribution in [0.3, 0.4) is 0 Å². The maximum absolute atomic E-state index is 13.5. The fourth-order valence-electron chi connectivity index (χ4n) is 1.40. The quantitative estimate of drug-likeness (QED) is 0.477. The Morgan fingerprint density at radius 3 is 2.82 bits per heavy atom. The van der Waals surface area contributed by atoms with Gasteiger partial charge < -0.3 is 0 Å². The number of hydrogen-bond acceptors (Lipinski definition) is 5. The van der Waals surface area contributed by atoms with Crippen molar-refractivity contribution in [2.24, 2.45) is 5.41 Å². The molecule has 8 heteroatoms. The van der Waals surface area contributed by atoms with Crippen molar-refractivity contribution in [1.29, 1.82) is 0 Å². The molecule has 0 saturated heterocycles. The van der Waals surface area contributed by atoms with Crippen LogP contribution in [0.15, 0.2) is 28.6 Å². The zero-order valence-electron chi connectivity index (χ0n) is 12.1. The highest BCUT2D eigenvalue weighted by Gasteiger charge is 2.27. The van der Waals surface area contributed by atoms with E-state index in [-0.39, 0.29) is 17.6 Å². The van der Waals surface area contributed by atoms with Crippen molar-refractivity contribution in [2.75, 3.05) is 11.2 Å². The van der Waals surface area contributed by atoms with Gasteiger partial charge in [-0.2, -0.15) is 0 Å². The van der Waals surface area contributed by atoms with E-state index in [0.717, 1.165) is 0 Å². The predicted octanol–water partition coefficient (Wildman–Crippen LogP) is 4.17. The molecule has 0 aliphatic carbocycles. The molecule has 1 amide bonds. The molecule has 2 rings (SSSR count). The first-order chi connectivity index (χ1) is 10.4. The van der Waals surface area contributed by atoms with E-state index < -0.39 is 5.41 Å². The van der Waals surface area contributed by atoms with E-state index in [1.165, 1.54) is 29.2 Å². The number of alkyl halides is 1. The zero-order chi connectivity index (χ0) is 16.2. The van der Waals surface area contributed by atoms with Crippen molar-refractivity contribution >= 4 is 45.7 Å². The largest absolute Gasteiger partial charge is 0.300 e. The van der Waals surface area contributed by atoms with Gasteiger partial charge in [-0.15, -0.1) is 21.8 Å². The number of nitrogens with zero attached hydrogens (tertiary/aromatic N) is 2. The maximum atomic E-state index is 13.5. The summed E-state index contributed by atoms with van der Waals surface area (Å²) in [5.74, 6) is 0.232. The van der Waals surface area contributed by atoms with Crippen LogP contribution in [0.5, 0.6) is 0 Å². The Hall–Kier alpha value is -1.18. The number of nitrogens with one attached hydrogen (secondary N) is 1. The first kappa shape index (κ1) is 17.2. The fraction of sp³-hybridized carbons (Fsp3) is 0.357. The van der Waals surface area contributed by atoms with Gasteiger partial charge in [0.2, 0.25) is 11.0 Å². The molecular formula is C14H15ClFN3OS2. The lowest BCUT2D eigenvalue weighted by Gasteiger charge is -2.18. The summed E-state index contributed by atoms with van der Waals surface area (Å²) in [4.78, 5) is 12.0. The van der Waals surface area contributed by atoms with Crippen LogP contribution in [0.1, 0.15) is 19.4 Å². The molecule has 22 heavy (non-hydrogen) atoms. The molecule has 0 saturated carbocycles. The number of benzene rings is 1. The third-order valence-corrected chi connectivity index (χ3v) is 5.57. The maximum Gasteiger partial charge on any atom is 0.233 e. The Morgan fingerprint density at radius 2 is 2.14 bits per heavy atom. The third kappa shape index (κ3) is 4.41. The number of hydrogen-bond donors (Lipinski definition) is 1. The molecule has 1 aromatic carbocycles. The van der Waals surface area contributed by atoms with E-state index in [9.17, 15) is 9.18 Å². The first-order valence-electron chi connectivity index (χ1n) is 6.49. The minimum atomic E-state index is -0.673. The highest BCUT2D eigenvalue weighted by Crippen LogP contribution is 2.30. The van der Waals surface area contributed by atoms with E-state index in [2.05, 4.69) is 15.5 Å². The monoisotopic (exact) mass is 359 g/mol. The molecule has 4 nitrogen and oxygen atoms in total. The summed E-state index contributed by atoms with van der Waals surface area (Å²) in [5, 5.41) is 11.0. The van der Waals surface area contributed by atoms with Crippen molar-refractivity contribution in [2.45, 2.75) is 23.9 Å². The smallest absolute Gasteiger partial charge is 0.233 e. The van der Waals surface area contributed by atoms with E-state index in [1.54, 1.807) is 32.0 Å². The molecule has 0 unspecified atom stereocenters. The number of thioether (sulfide) groups is 1. The number of halogens is 2. The molecule has 0 bridgehead atoms. The van der Waals surface area contributed by atoms with Gasteiger partial charge in [-0.3, -0.25) is 10.1 Å². The molecule has 1 N–H and O–H groups in total. The molecule has 118 valence electrons. The van der Waals surface area contributed by atoms with Gasteiger partial charge in [0, 0.05) is 11.6 Å². The van der Waals surface area contributed by atoms with Gasteiger partial charge in [-0.05, 0) is 25.5 Å². The lowest BCUT2D eigenvalue weighted by molar-refractivity contribution is -0.122. The highest BCUT2D eigenvalue weighted by molar-refractivity contribution is 8.00. The summed E-state index contributed by atoms with van der Waals surface area (Å²) in [6, 6.07) is 6.60. The van der Waals surface area contributed by atoms with Crippen LogP contribution in [-0.2, 0) is 10.5 Å². The van der Waals surface area contributed by atoms with Gasteiger partial charge in [0.15, 0.2) is 4.34 Å². The SMILES string of the molecule is CC(C)(CCl)C(=O)Nc1nnc(SCc2ccccc2F)s1. The first-order valence-corrected chi connectivity index (χ1v) is 8.83. The van der Waals surface area contributed by atoms with Crippen LogP contribution < -0.4 is 5.32 Å². The van der Waals surface area contributed by atoms with Crippen LogP contribution in [0.2, 0.25) is 0 Å². The van der Waals surface area contributed by atoms with Gasteiger partial charge in [-0.1, -0.05) is 41.3 Å². The van der Waals surface area contributed by atoms with Crippen LogP contribution >= 0.6 is 34.7 Å². The minimum absolute atomic E-state index is 0.204. The van der Waals surface area contributed by atoms with Crippen molar-refractivity contribution in [3.8, 4) is 0 Å². The summed E-state index contributed by atoms with van der Waals surface area (Å²) in [7, 11) is 0. The molecule has 0 radical (unpaired) electrons. The van der Waals surface area contributed by atoms with Gasteiger partial charge in [0.25, 0.3) is 0 Å². The second kappa shape index (κ2) is 7.39. The van der Waals surface area contributed by atoms with Gasteiger partial charge >= 0.3 is 0 Å². The molecule has 1 heterocycles. The number of carbonyl (C=O) groups is 1. The molecular weight excluding hydrogens is 345 g/mol. The lowest BCUT2D eigenvalue weighted by Crippen LogP contribution is -2.32. The Labute approximate surface area is 141 Å². The fourth-order valence-corrected chi connectivity index (χ4v) is 3.26. The van der Waals surface area contributed by atoms with Gasteiger partial charge in [0.1, 0.15) is 5.82 Å². The van der Waals surface area contributed by atoms with Crippen LogP contribution in [0.25, 0.3) is 0 Å². The number of rotatable bonds is 6. The highest BCUT2D eigenvalue weighted by atomic mass is 35.5. The van der Waals surface area contributed by atoms with Gasteiger partial charge in [0.05, 0.1) is 5.41 Å². The summed E-state index contributed by atoms with van der Waals surface area (Å²) in [6.45, 7) is 3.51. The number of carbonyl (C=O) groups excluding carboxylic acids is 1. The average molecular weight is 360 g/mol. The Morgan fingerprint density at radius 1 is 1.41 bits per heavy atom. The second-order valence-electron chi connectivity index (χ2n) is 5.22. The molecule has 0 spiro atoms. The number of amides is 1. The van der Waals surface area contributed by atoms with Crippen LogP contribution in [0, 0.1) is 11.2 Å². The Kier molecular flexibility index (Phi) is 5.77. The van der Waals surface area contributed by atoms with Gasteiger partial charge in [-0.25, -0.2) is 4.39 Å². The number of aromatic nitrogens is 2. The summed E-state index contributed by atoms with van der Waals surface area (Å²) >= 11 is 8.39. The summed E-state index contributed by atoms with van der Waals surface area (Å²) in [6.07, 6.45) is 0. The van der Waals surface area contributed by atoms with Crippen molar-refractivity contribution in [3.05, 3.63) is 35.6 Å². The predicted molar refractivity (Wildman–Crippen MR) is 89.0 cm³/mol. The van der Waals surface area contributed by atoms with Crippen molar-refractivity contribution in [1.82, 2.24) is 10.2 Å². The zero-order valence-corrected chi connectivity index (χ0v) is 14.5. The summed E-state index contributed by atoms with van der Waals surface area (Å²) < 4.78 is 14.2. The molecule has 0 aliphatic heterocycles. The molecule has 0 fully saturated rings. The number of anilines is 1.